The maximum Gasteiger partial charge on any atom is 0.271 e. The van der Waals surface area contributed by atoms with Crippen molar-refractivity contribution in [1.29, 1.82) is 5.26 Å². The molecule has 1 amide bonds. The summed E-state index contributed by atoms with van der Waals surface area (Å²) in [6.07, 6.45) is 1.80. The molecule has 1 atom stereocenters. The van der Waals surface area contributed by atoms with E-state index in [1.165, 1.54) is 11.3 Å². The van der Waals surface area contributed by atoms with Gasteiger partial charge in [-0.2, -0.15) is 5.26 Å². The van der Waals surface area contributed by atoms with E-state index in [-0.39, 0.29) is 18.1 Å². The Morgan fingerprint density at radius 2 is 1.89 bits per heavy atom. The van der Waals surface area contributed by atoms with E-state index >= 15 is 0 Å². The summed E-state index contributed by atoms with van der Waals surface area (Å²) in [5.41, 5.74) is 3.63. The van der Waals surface area contributed by atoms with Crippen LogP contribution in [0.3, 0.4) is 0 Å². The Hall–Kier alpha value is -3.92. The van der Waals surface area contributed by atoms with Crippen LogP contribution in [-0.2, 0) is 11.4 Å². The zero-order valence-corrected chi connectivity index (χ0v) is 28.9. The zero-order chi connectivity index (χ0) is 32.2. The summed E-state index contributed by atoms with van der Waals surface area (Å²) in [6, 6.07) is 19.7. The third-order valence-electron chi connectivity index (χ3n) is 7.55. The highest BCUT2D eigenvalue weighted by molar-refractivity contribution is 14.1. The number of fused-ring (bicyclic) bond motifs is 1. The molecule has 1 aliphatic heterocycles. The molecule has 0 bridgehead atoms. The van der Waals surface area contributed by atoms with Gasteiger partial charge in [0.1, 0.15) is 6.61 Å². The van der Waals surface area contributed by atoms with E-state index in [0.29, 0.717) is 55.8 Å². The molecule has 8 nitrogen and oxygen atoms in total. The van der Waals surface area contributed by atoms with Crippen molar-refractivity contribution in [2.45, 2.75) is 33.4 Å². The molecule has 0 radical (unpaired) electrons. The fraction of sp³-hybridized carbons (Fsp3) is 0.235. The Morgan fingerprint density at radius 3 is 2.56 bits per heavy atom. The molecular formula is C34H30ClIN4O4S. The van der Waals surface area contributed by atoms with E-state index in [0.717, 1.165) is 20.3 Å². The number of benzene rings is 3. The summed E-state index contributed by atoms with van der Waals surface area (Å²) in [5, 5.41) is 9.99. The summed E-state index contributed by atoms with van der Waals surface area (Å²) in [6.45, 7) is 6.95. The third kappa shape index (κ3) is 6.57. The van der Waals surface area contributed by atoms with Crippen LogP contribution in [0.25, 0.3) is 6.08 Å². The van der Waals surface area contributed by atoms with Crippen LogP contribution in [0.4, 0.5) is 0 Å². The molecule has 5 rings (SSSR count). The van der Waals surface area contributed by atoms with Crippen LogP contribution < -0.4 is 24.4 Å². The lowest BCUT2D eigenvalue weighted by molar-refractivity contribution is -0.127. The van der Waals surface area contributed by atoms with Gasteiger partial charge < -0.3 is 14.4 Å². The largest absolute Gasteiger partial charge is 0.493 e. The maximum atomic E-state index is 14.1. The van der Waals surface area contributed by atoms with Crippen molar-refractivity contribution in [1.82, 2.24) is 9.47 Å². The Kier molecular flexibility index (Phi) is 10.1. The van der Waals surface area contributed by atoms with Gasteiger partial charge in [0, 0.05) is 23.7 Å². The molecule has 0 fully saturated rings. The number of allylic oxidation sites excluding steroid dienone is 1. The quantitative estimate of drug-likeness (QED) is 0.201. The van der Waals surface area contributed by atoms with Crippen LogP contribution in [0.2, 0.25) is 5.02 Å². The second-order valence-corrected chi connectivity index (χ2v) is 12.8. The van der Waals surface area contributed by atoms with E-state index < -0.39 is 6.04 Å². The van der Waals surface area contributed by atoms with Crippen molar-refractivity contribution in [3.05, 3.63) is 122 Å². The average molecular weight is 753 g/mol. The summed E-state index contributed by atoms with van der Waals surface area (Å²) >= 11 is 9.65. The zero-order valence-electron chi connectivity index (χ0n) is 25.1. The van der Waals surface area contributed by atoms with Crippen LogP contribution in [0.5, 0.6) is 11.5 Å². The van der Waals surface area contributed by atoms with Gasteiger partial charge in [-0.25, -0.2) is 4.99 Å². The second kappa shape index (κ2) is 14.0. The van der Waals surface area contributed by atoms with E-state index in [1.807, 2.05) is 63.2 Å². The first-order valence-electron chi connectivity index (χ1n) is 14.3. The number of rotatable bonds is 9. The van der Waals surface area contributed by atoms with Crippen LogP contribution >= 0.6 is 45.5 Å². The topological polar surface area (TPSA) is 96.9 Å². The highest BCUT2D eigenvalue weighted by atomic mass is 127. The predicted octanol–water partition coefficient (Wildman–Crippen LogP) is 5.82. The van der Waals surface area contributed by atoms with Gasteiger partial charge in [0.2, 0.25) is 0 Å². The number of hydrogen-bond acceptors (Lipinski definition) is 7. The van der Waals surface area contributed by atoms with Crippen LogP contribution in [0.15, 0.2) is 81.7 Å². The smallest absolute Gasteiger partial charge is 0.271 e. The molecule has 230 valence electrons. The second-order valence-electron chi connectivity index (χ2n) is 10.2. The van der Waals surface area contributed by atoms with Gasteiger partial charge in [0.05, 0.1) is 44.2 Å². The predicted molar refractivity (Wildman–Crippen MR) is 184 cm³/mol. The molecule has 45 heavy (non-hydrogen) atoms. The monoisotopic (exact) mass is 752 g/mol. The number of nitrogens with zero attached hydrogens (tertiary/aromatic N) is 4. The maximum absolute atomic E-state index is 14.1. The molecule has 0 aliphatic carbocycles. The van der Waals surface area contributed by atoms with Crippen LogP contribution in [0.1, 0.15) is 49.1 Å². The lowest BCUT2D eigenvalue weighted by atomic mass is 9.94. The highest BCUT2D eigenvalue weighted by Gasteiger charge is 2.34. The van der Waals surface area contributed by atoms with Crippen molar-refractivity contribution in [2.24, 2.45) is 4.99 Å². The molecule has 1 aromatic heterocycles. The van der Waals surface area contributed by atoms with E-state index in [4.69, 9.17) is 26.1 Å². The van der Waals surface area contributed by atoms with Crippen LogP contribution in [0, 0.1) is 14.9 Å². The molecule has 0 N–H and O–H groups in total. The van der Waals surface area contributed by atoms with E-state index in [1.54, 1.807) is 40.9 Å². The van der Waals surface area contributed by atoms with Crippen molar-refractivity contribution in [3.63, 3.8) is 0 Å². The molecule has 3 aromatic carbocycles. The average Bonchev–Trinajstić information content (AvgIpc) is 3.34. The van der Waals surface area contributed by atoms with Gasteiger partial charge in [-0.15, -0.1) is 0 Å². The Labute approximate surface area is 283 Å². The number of halogens is 2. The molecule has 0 unspecified atom stereocenters. The summed E-state index contributed by atoms with van der Waals surface area (Å²) < 4.78 is 14.6. The number of carbonyl (C=O) groups excluding carboxylic acids is 1. The summed E-state index contributed by atoms with van der Waals surface area (Å²) in [4.78, 5) is 34.9. The minimum absolute atomic E-state index is 0.150. The van der Waals surface area contributed by atoms with Gasteiger partial charge in [0.25, 0.3) is 11.5 Å². The highest BCUT2D eigenvalue weighted by Crippen LogP contribution is 2.35. The van der Waals surface area contributed by atoms with Crippen molar-refractivity contribution < 1.29 is 14.3 Å². The number of amides is 1. The van der Waals surface area contributed by atoms with Crippen molar-refractivity contribution in [3.8, 4) is 17.6 Å². The fourth-order valence-electron chi connectivity index (χ4n) is 5.26. The Morgan fingerprint density at radius 1 is 1.18 bits per heavy atom. The standard InChI is InChI=1S/C34H30ClIN4O4S/c1-5-39(6-2)33(42)29-20(3)38-34-40(30(29)22-11-13-25(35)14-12-22)32(41)28(45-34)17-21-15-26(36)31(27(16-21)43-4)44-19-24-10-8-7-9-23(24)18-37/h7-17,30H,5-6,19H2,1-4H3/b28-17+/t30-/m1/s1. The van der Waals surface area contributed by atoms with Crippen molar-refractivity contribution in [2.75, 3.05) is 20.2 Å². The molecule has 0 saturated heterocycles. The van der Waals surface area contributed by atoms with Crippen LogP contribution in [-0.4, -0.2) is 35.6 Å². The van der Waals surface area contributed by atoms with Gasteiger partial charge >= 0.3 is 0 Å². The Bertz CT molecular complexity index is 2020. The summed E-state index contributed by atoms with van der Waals surface area (Å²) in [7, 11) is 1.56. The lowest BCUT2D eigenvalue weighted by Gasteiger charge is -2.29. The molecule has 11 heteroatoms. The van der Waals surface area contributed by atoms with Gasteiger partial charge in [-0.05, 0) is 90.9 Å². The minimum Gasteiger partial charge on any atom is -0.493 e. The number of nitriles is 1. The number of ether oxygens (including phenoxy) is 2. The van der Waals surface area contributed by atoms with Gasteiger partial charge in [-0.1, -0.05) is 53.3 Å². The number of carbonyl (C=O) groups is 1. The third-order valence-corrected chi connectivity index (χ3v) is 9.58. The summed E-state index contributed by atoms with van der Waals surface area (Å²) in [5.74, 6) is 0.891. The Balaban J connectivity index is 1.58. The van der Waals surface area contributed by atoms with Gasteiger partial charge in [-0.3, -0.25) is 14.2 Å². The first-order chi connectivity index (χ1) is 21.7. The number of methoxy groups -OCH3 is 1. The number of thiazole rings is 1. The first-order valence-corrected chi connectivity index (χ1v) is 16.5. The first kappa shape index (κ1) is 32.5. The molecule has 1 aliphatic rings. The molecule has 2 heterocycles. The van der Waals surface area contributed by atoms with Crippen molar-refractivity contribution >= 4 is 57.5 Å². The minimum atomic E-state index is -0.657. The number of likely N-dealkylation sites (N-methyl/N-ethyl adjacent to an activating group) is 1. The molecule has 0 saturated carbocycles. The van der Waals surface area contributed by atoms with E-state index in [2.05, 4.69) is 28.7 Å². The lowest BCUT2D eigenvalue weighted by Crippen LogP contribution is -2.43. The fourth-order valence-corrected chi connectivity index (χ4v) is 7.21. The molecule has 0 spiro atoms. The molecular weight excluding hydrogens is 723 g/mol. The normalized spacial score (nSPS) is 14.4. The number of hydrogen-bond donors (Lipinski definition) is 0. The molecule has 4 aromatic rings. The SMILES string of the molecule is CCN(CC)C(=O)C1=C(C)N=c2s/c(=C/c3cc(I)c(OCc4ccccc4C#N)c(OC)c3)c(=O)n2[C@@H]1c1ccc(Cl)cc1. The van der Waals surface area contributed by atoms with E-state index in [9.17, 15) is 14.9 Å². The number of aromatic nitrogens is 1. The van der Waals surface area contributed by atoms with Gasteiger partial charge in [0.15, 0.2) is 16.3 Å².